The van der Waals surface area contributed by atoms with E-state index in [-0.39, 0.29) is 18.1 Å². The van der Waals surface area contributed by atoms with E-state index in [4.69, 9.17) is 21.1 Å². The summed E-state index contributed by atoms with van der Waals surface area (Å²) in [5.41, 5.74) is -0.499. The molecule has 1 fully saturated rings. The maximum Gasteiger partial charge on any atom is 0.410 e. The number of nitrogens with zero attached hydrogens (tertiary/aromatic N) is 4. The highest BCUT2D eigenvalue weighted by molar-refractivity contribution is 6.29. The van der Waals surface area contributed by atoms with Gasteiger partial charge in [0.2, 0.25) is 0 Å². The lowest BCUT2D eigenvalue weighted by Gasteiger charge is -2.40. The van der Waals surface area contributed by atoms with Crippen LogP contribution in [-0.2, 0) is 4.74 Å². The second kappa shape index (κ2) is 7.42. The fraction of sp³-hybridized carbons (Fsp3) is 0.688. The fourth-order valence-corrected chi connectivity index (χ4v) is 2.67. The van der Waals surface area contributed by atoms with E-state index in [2.05, 4.69) is 14.9 Å². The minimum absolute atomic E-state index is 0.00196. The van der Waals surface area contributed by atoms with Crippen molar-refractivity contribution < 1.29 is 14.3 Å². The molecule has 0 N–H and O–H groups in total. The van der Waals surface area contributed by atoms with Crippen LogP contribution >= 0.6 is 11.6 Å². The number of anilines is 1. The molecule has 7 nitrogen and oxygen atoms in total. The number of hydrogen-bond acceptors (Lipinski definition) is 6. The quantitative estimate of drug-likeness (QED) is 0.775. The zero-order chi connectivity index (χ0) is 17.9. The Balaban J connectivity index is 2.06. The number of amides is 1. The number of hydrogen-bond donors (Lipinski definition) is 0. The second-order valence-electron chi connectivity index (χ2n) is 6.73. The van der Waals surface area contributed by atoms with Gasteiger partial charge in [-0.25, -0.2) is 4.79 Å². The number of aromatic nitrogens is 2. The number of carbonyl (C=O) groups excluding carboxylic acids is 1. The van der Waals surface area contributed by atoms with E-state index in [1.807, 2.05) is 34.6 Å². The molecule has 134 valence electrons. The van der Waals surface area contributed by atoms with Gasteiger partial charge in [0.15, 0.2) is 0 Å². The molecule has 0 aromatic carbocycles. The molecule has 0 radical (unpaired) electrons. The van der Waals surface area contributed by atoms with E-state index in [0.717, 1.165) is 0 Å². The molecule has 1 aliphatic rings. The number of rotatable bonds is 3. The van der Waals surface area contributed by atoms with Crippen molar-refractivity contribution in [2.24, 2.45) is 0 Å². The van der Waals surface area contributed by atoms with E-state index < -0.39 is 5.60 Å². The zero-order valence-corrected chi connectivity index (χ0v) is 15.6. The van der Waals surface area contributed by atoms with Gasteiger partial charge in [0.05, 0.1) is 6.61 Å². The summed E-state index contributed by atoms with van der Waals surface area (Å²) in [5, 5.41) is 0.339. The first-order chi connectivity index (χ1) is 11.2. The van der Waals surface area contributed by atoms with Crippen LogP contribution in [0.25, 0.3) is 0 Å². The van der Waals surface area contributed by atoms with Crippen LogP contribution in [0.5, 0.6) is 6.01 Å². The second-order valence-corrected chi connectivity index (χ2v) is 7.12. The maximum absolute atomic E-state index is 12.3. The highest BCUT2D eigenvalue weighted by atomic mass is 35.5. The van der Waals surface area contributed by atoms with E-state index in [1.165, 1.54) is 0 Å². The van der Waals surface area contributed by atoms with Crippen molar-refractivity contribution in [3.05, 3.63) is 11.2 Å². The minimum Gasteiger partial charge on any atom is -0.464 e. The lowest BCUT2D eigenvalue weighted by Crippen LogP contribution is -2.55. The molecule has 1 aromatic rings. The van der Waals surface area contributed by atoms with Crippen molar-refractivity contribution in [1.29, 1.82) is 0 Å². The van der Waals surface area contributed by atoms with Crippen LogP contribution in [0, 0.1) is 0 Å². The number of halogens is 1. The Morgan fingerprint density at radius 3 is 2.67 bits per heavy atom. The molecule has 0 unspecified atom stereocenters. The fourth-order valence-electron chi connectivity index (χ4n) is 2.50. The molecule has 24 heavy (non-hydrogen) atoms. The summed E-state index contributed by atoms with van der Waals surface area (Å²) < 4.78 is 10.8. The average Bonchev–Trinajstić information content (AvgIpc) is 2.44. The van der Waals surface area contributed by atoms with E-state index in [1.54, 1.807) is 11.0 Å². The van der Waals surface area contributed by atoms with E-state index in [9.17, 15) is 4.79 Å². The normalized spacial score (nSPS) is 18.5. The van der Waals surface area contributed by atoms with Gasteiger partial charge in [-0.3, -0.25) is 0 Å². The molecule has 0 bridgehead atoms. The van der Waals surface area contributed by atoms with Crippen LogP contribution in [0.4, 0.5) is 10.6 Å². The average molecular weight is 357 g/mol. The first-order valence-electron chi connectivity index (χ1n) is 8.11. The summed E-state index contributed by atoms with van der Waals surface area (Å²) in [6, 6.07) is 1.97. The monoisotopic (exact) mass is 356 g/mol. The Hall–Kier alpha value is -1.76. The Morgan fingerprint density at radius 1 is 1.38 bits per heavy atom. The molecule has 1 aromatic heterocycles. The van der Waals surface area contributed by atoms with Gasteiger partial charge in [-0.1, -0.05) is 11.6 Å². The van der Waals surface area contributed by atoms with Gasteiger partial charge < -0.3 is 19.3 Å². The van der Waals surface area contributed by atoms with Crippen molar-refractivity contribution in [2.75, 3.05) is 31.1 Å². The van der Waals surface area contributed by atoms with Crippen LogP contribution < -0.4 is 9.64 Å². The predicted molar refractivity (Wildman–Crippen MR) is 92.8 cm³/mol. The predicted octanol–water partition coefficient (Wildman–Crippen LogP) is 2.97. The van der Waals surface area contributed by atoms with Gasteiger partial charge in [-0.05, 0) is 34.6 Å². The van der Waals surface area contributed by atoms with Crippen LogP contribution in [0.2, 0.25) is 5.15 Å². The third-order valence-electron chi connectivity index (χ3n) is 3.51. The number of ether oxygens (including phenoxy) is 2. The minimum atomic E-state index is -0.499. The first-order valence-corrected chi connectivity index (χ1v) is 8.49. The molecule has 8 heteroatoms. The van der Waals surface area contributed by atoms with Crippen LogP contribution in [0.1, 0.15) is 34.6 Å². The molecule has 1 saturated heterocycles. The molecular formula is C16H25ClN4O3. The summed E-state index contributed by atoms with van der Waals surface area (Å²) in [7, 11) is 0. The maximum atomic E-state index is 12.3. The topological polar surface area (TPSA) is 67.8 Å². The molecule has 2 heterocycles. The third kappa shape index (κ3) is 4.87. The summed E-state index contributed by atoms with van der Waals surface area (Å²) in [4.78, 5) is 24.5. The van der Waals surface area contributed by atoms with Crippen molar-refractivity contribution in [2.45, 2.75) is 46.3 Å². The highest BCUT2D eigenvalue weighted by Crippen LogP contribution is 2.23. The smallest absolute Gasteiger partial charge is 0.410 e. The van der Waals surface area contributed by atoms with Gasteiger partial charge in [0, 0.05) is 31.7 Å². The molecule has 0 spiro atoms. The molecule has 0 aliphatic carbocycles. The van der Waals surface area contributed by atoms with Gasteiger partial charge in [-0.2, -0.15) is 9.97 Å². The van der Waals surface area contributed by atoms with Crippen molar-refractivity contribution >= 4 is 23.5 Å². The number of carbonyl (C=O) groups is 1. The standard InChI is InChI=1S/C16H25ClN4O3/c1-6-23-14-18-12(17)9-13(19-14)20-7-8-21(11(2)10-20)15(22)24-16(3,4)5/h9,11H,6-8,10H2,1-5H3/t11-/m1/s1. The summed E-state index contributed by atoms with van der Waals surface area (Å²) >= 11 is 6.05. The largest absolute Gasteiger partial charge is 0.464 e. The van der Waals surface area contributed by atoms with Crippen molar-refractivity contribution in [3.63, 3.8) is 0 Å². The van der Waals surface area contributed by atoms with Crippen molar-refractivity contribution in [1.82, 2.24) is 14.9 Å². The lowest BCUT2D eigenvalue weighted by molar-refractivity contribution is 0.0158. The molecule has 2 rings (SSSR count). The molecule has 1 atom stereocenters. The Morgan fingerprint density at radius 2 is 2.08 bits per heavy atom. The Kier molecular flexibility index (Phi) is 5.74. The van der Waals surface area contributed by atoms with Gasteiger partial charge in [0.25, 0.3) is 0 Å². The highest BCUT2D eigenvalue weighted by Gasteiger charge is 2.31. The van der Waals surface area contributed by atoms with Crippen LogP contribution in [-0.4, -0.2) is 58.8 Å². The zero-order valence-electron chi connectivity index (χ0n) is 14.9. The summed E-state index contributed by atoms with van der Waals surface area (Å²) in [6.45, 7) is 11.8. The summed E-state index contributed by atoms with van der Waals surface area (Å²) in [5.74, 6) is 0.703. The Labute approximate surface area is 147 Å². The van der Waals surface area contributed by atoms with Gasteiger partial charge in [-0.15, -0.1) is 0 Å². The van der Waals surface area contributed by atoms with Crippen LogP contribution in [0.15, 0.2) is 6.07 Å². The third-order valence-corrected chi connectivity index (χ3v) is 3.71. The lowest BCUT2D eigenvalue weighted by atomic mass is 10.2. The Bertz CT molecular complexity index is 591. The van der Waals surface area contributed by atoms with Crippen LogP contribution in [0.3, 0.4) is 0 Å². The summed E-state index contributed by atoms with van der Waals surface area (Å²) in [6.07, 6.45) is -0.287. The van der Waals surface area contributed by atoms with Gasteiger partial charge >= 0.3 is 12.1 Å². The first kappa shape index (κ1) is 18.6. The SMILES string of the molecule is CCOc1nc(Cl)cc(N2CCN(C(=O)OC(C)(C)C)[C@H](C)C2)n1. The molecule has 0 saturated carbocycles. The van der Waals surface area contributed by atoms with Crippen molar-refractivity contribution in [3.8, 4) is 6.01 Å². The number of piperazine rings is 1. The van der Waals surface area contributed by atoms with Gasteiger partial charge in [0.1, 0.15) is 16.6 Å². The molecule has 1 aliphatic heterocycles. The molecular weight excluding hydrogens is 332 g/mol. The van der Waals surface area contributed by atoms with E-state index in [0.29, 0.717) is 37.2 Å². The van der Waals surface area contributed by atoms with E-state index >= 15 is 0 Å². The molecule has 1 amide bonds.